The molecule has 0 saturated heterocycles. The van der Waals surface area contributed by atoms with Crippen molar-refractivity contribution >= 4 is 28.9 Å². The van der Waals surface area contributed by atoms with E-state index >= 15 is 0 Å². The average Bonchev–Trinajstić information content (AvgIpc) is 2.75. The Hall–Kier alpha value is -2.21. The van der Waals surface area contributed by atoms with Crippen LogP contribution in [0.1, 0.15) is 26.3 Å². The van der Waals surface area contributed by atoms with Gasteiger partial charge in [-0.25, -0.2) is 9.18 Å². The highest BCUT2D eigenvalue weighted by Gasteiger charge is 2.18. The zero-order valence-electron chi connectivity index (χ0n) is 9.94. The summed E-state index contributed by atoms with van der Waals surface area (Å²) in [4.78, 5) is 23.0. The zero-order chi connectivity index (χ0) is 14.0. The molecule has 98 valence electrons. The summed E-state index contributed by atoms with van der Waals surface area (Å²) in [6.07, 6.45) is 0. The van der Waals surface area contributed by atoms with Crippen LogP contribution in [0.5, 0.6) is 0 Å². The number of anilines is 1. The van der Waals surface area contributed by atoms with Gasteiger partial charge in [-0.3, -0.25) is 4.79 Å². The quantitative estimate of drug-likeness (QED) is 0.907. The molecule has 1 aromatic heterocycles. The van der Waals surface area contributed by atoms with Crippen LogP contribution in [0.4, 0.5) is 10.1 Å². The molecule has 1 aromatic carbocycles. The van der Waals surface area contributed by atoms with Crippen LogP contribution in [-0.2, 0) is 0 Å². The Bertz CT molecular complexity index is 651. The number of thiophene rings is 1. The minimum Gasteiger partial charge on any atom is -0.478 e. The molecule has 4 nitrogen and oxygen atoms in total. The van der Waals surface area contributed by atoms with Crippen molar-refractivity contribution in [1.29, 1.82) is 0 Å². The standard InChI is InChI=1S/C13H10FNO3S/c1-7-5-19-6-8(7)12(16)15-10-4-2-3-9(14)11(10)13(17)18/h2-6H,1H3,(H,15,16)(H,17,18). The molecule has 6 heteroatoms. The molecule has 0 aliphatic carbocycles. The largest absolute Gasteiger partial charge is 0.478 e. The second kappa shape index (κ2) is 5.19. The highest BCUT2D eigenvalue weighted by atomic mass is 32.1. The van der Waals surface area contributed by atoms with Gasteiger partial charge in [-0.15, -0.1) is 0 Å². The van der Waals surface area contributed by atoms with Crippen LogP contribution >= 0.6 is 11.3 Å². The number of carboxylic acid groups (broad SMARTS) is 1. The summed E-state index contributed by atoms with van der Waals surface area (Å²) < 4.78 is 13.4. The Morgan fingerprint density at radius 3 is 2.63 bits per heavy atom. The molecule has 1 amide bonds. The number of nitrogens with one attached hydrogen (secondary N) is 1. The number of aromatic carboxylic acids is 1. The monoisotopic (exact) mass is 279 g/mol. The fourth-order valence-electron chi connectivity index (χ4n) is 1.63. The van der Waals surface area contributed by atoms with Gasteiger partial charge in [-0.2, -0.15) is 11.3 Å². The topological polar surface area (TPSA) is 66.4 Å². The summed E-state index contributed by atoms with van der Waals surface area (Å²) in [6, 6.07) is 3.74. The summed E-state index contributed by atoms with van der Waals surface area (Å²) in [7, 11) is 0. The molecule has 0 radical (unpaired) electrons. The fourth-order valence-corrected chi connectivity index (χ4v) is 2.46. The Labute approximate surface area is 112 Å². The summed E-state index contributed by atoms with van der Waals surface area (Å²) in [6.45, 7) is 1.77. The van der Waals surface area contributed by atoms with Crippen molar-refractivity contribution in [3.8, 4) is 0 Å². The van der Waals surface area contributed by atoms with Gasteiger partial charge >= 0.3 is 5.97 Å². The van der Waals surface area contributed by atoms with Crippen molar-refractivity contribution in [3.63, 3.8) is 0 Å². The van der Waals surface area contributed by atoms with Crippen LogP contribution in [0.25, 0.3) is 0 Å². The van der Waals surface area contributed by atoms with Crippen LogP contribution in [0, 0.1) is 12.7 Å². The number of carboxylic acids is 1. The number of hydrogen-bond donors (Lipinski definition) is 2. The van der Waals surface area contributed by atoms with E-state index in [4.69, 9.17) is 5.11 Å². The molecular weight excluding hydrogens is 269 g/mol. The van der Waals surface area contributed by atoms with Crippen molar-refractivity contribution in [2.45, 2.75) is 6.92 Å². The Morgan fingerprint density at radius 2 is 2.05 bits per heavy atom. The molecule has 2 rings (SSSR count). The Balaban J connectivity index is 2.35. The van der Waals surface area contributed by atoms with Gasteiger partial charge in [0.25, 0.3) is 5.91 Å². The van der Waals surface area contributed by atoms with Gasteiger partial charge in [-0.05, 0) is 30.0 Å². The van der Waals surface area contributed by atoms with E-state index in [1.165, 1.54) is 23.5 Å². The second-order valence-corrected chi connectivity index (χ2v) is 4.63. The van der Waals surface area contributed by atoms with Gasteiger partial charge in [0.2, 0.25) is 0 Å². The summed E-state index contributed by atoms with van der Waals surface area (Å²) in [5.41, 5.74) is 0.646. The molecule has 0 spiro atoms. The number of carbonyl (C=O) groups excluding carboxylic acids is 1. The average molecular weight is 279 g/mol. The van der Waals surface area contributed by atoms with Crippen molar-refractivity contribution < 1.29 is 19.1 Å². The molecule has 0 bridgehead atoms. The van der Waals surface area contributed by atoms with Gasteiger partial charge < -0.3 is 10.4 Å². The predicted molar refractivity (Wildman–Crippen MR) is 70.4 cm³/mol. The van der Waals surface area contributed by atoms with Crippen LogP contribution in [-0.4, -0.2) is 17.0 Å². The smallest absolute Gasteiger partial charge is 0.340 e. The first-order valence-electron chi connectivity index (χ1n) is 5.36. The highest BCUT2D eigenvalue weighted by Crippen LogP contribution is 2.21. The van der Waals surface area contributed by atoms with Crippen molar-refractivity contribution in [2.24, 2.45) is 0 Å². The molecule has 0 saturated carbocycles. The molecule has 19 heavy (non-hydrogen) atoms. The van der Waals surface area contributed by atoms with Gasteiger partial charge in [0, 0.05) is 5.38 Å². The minimum atomic E-state index is -1.42. The molecule has 0 aliphatic heterocycles. The molecular formula is C13H10FNO3S. The zero-order valence-corrected chi connectivity index (χ0v) is 10.8. The van der Waals surface area contributed by atoms with Gasteiger partial charge in [0.05, 0.1) is 11.3 Å². The first-order valence-corrected chi connectivity index (χ1v) is 6.31. The van der Waals surface area contributed by atoms with Gasteiger partial charge in [0.15, 0.2) is 0 Å². The van der Waals surface area contributed by atoms with E-state index in [9.17, 15) is 14.0 Å². The molecule has 2 aromatic rings. The fraction of sp³-hybridized carbons (Fsp3) is 0.0769. The molecule has 2 N–H and O–H groups in total. The molecule has 0 fully saturated rings. The predicted octanol–water partition coefficient (Wildman–Crippen LogP) is 3.15. The second-order valence-electron chi connectivity index (χ2n) is 3.89. The first kappa shape index (κ1) is 13.2. The van der Waals surface area contributed by atoms with E-state index in [1.54, 1.807) is 17.7 Å². The van der Waals surface area contributed by atoms with E-state index in [1.807, 2.05) is 0 Å². The normalized spacial score (nSPS) is 10.2. The lowest BCUT2D eigenvalue weighted by atomic mass is 10.1. The maximum atomic E-state index is 13.4. The molecule has 0 unspecified atom stereocenters. The number of hydrogen-bond acceptors (Lipinski definition) is 3. The number of benzene rings is 1. The summed E-state index contributed by atoms with van der Waals surface area (Å²) in [5.74, 6) is -2.75. The van der Waals surface area contributed by atoms with E-state index in [0.29, 0.717) is 5.56 Å². The lowest BCUT2D eigenvalue weighted by molar-refractivity contribution is 0.0693. The summed E-state index contributed by atoms with van der Waals surface area (Å²) in [5, 5.41) is 14.8. The van der Waals surface area contributed by atoms with Crippen molar-refractivity contribution in [3.05, 3.63) is 51.5 Å². The van der Waals surface area contributed by atoms with Gasteiger partial charge in [-0.1, -0.05) is 6.07 Å². The minimum absolute atomic E-state index is 0.0527. The maximum Gasteiger partial charge on any atom is 0.340 e. The van der Waals surface area contributed by atoms with Crippen LogP contribution < -0.4 is 5.32 Å². The van der Waals surface area contributed by atoms with Gasteiger partial charge in [0.1, 0.15) is 11.4 Å². The SMILES string of the molecule is Cc1cscc1C(=O)Nc1cccc(F)c1C(=O)O. The van der Waals surface area contributed by atoms with Crippen molar-refractivity contribution in [2.75, 3.05) is 5.32 Å². The number of halogens is 1. The highest BCUT2D eigenvalue weighted by molar-refractivity contribution is 7.08. The third-order valence-corrected chi connectivity index (χ3v) is 3.44. The molecule has 0 atom stereocenters. The third-order valence-electron chi connectivity index (χ3n) is 2.58. The number of rotatable bonds is 3. The van der Waals surface area contributed by atoms with E-state index in [2.05, 4.69) is 5.32 Å². The number of aryl methyl sites for hydroxylation is 1. The lowest BCUT2D eigenvalue weighted by Crippen LogP contribution is -2.16. The lowest BCUT2D eigenvalue weighted by Gasteiger charge is -2.08. The Morgan fingerprint density at radius 1 is 1.32 bits per heavy atom. The van der Waals surface area contributed by atoms with Crippen molar-refractivity contribution in [1.82, 2.24) is 0 Å². The van der Waals surface area contributed by atoms with Crippen LogP contribution in [0.3, 0.4) is 0 Å². The number of carbonyl (C=O) groups is 2. The first-order chi connectivity index (χ1) is 9.00. The van der Waals surface area contributed by atoms with Crippen LogP contribution in [0.15, 0.2) is 29.0 Å². The number of amides is 1. The third kappa shape index (κ3) is 2.63. The molecule has 0 aliphatic rings. The summed E-state index contributed by atoms with van der Waals surface area (Å²) >= 11 is 1.37. The van der Waals surface area contributed by atoms with E-state index in [0.717, 1.165) is 11.6 Å². The Kier molecular flexibility index (Phi) is 3.62. The molecule has 1 heterocycles. The maximum absolute atomic E-state index is 13.4. The van der Waals surface area contributed by atoms with Crippen LogP contribution in [0.2, 0.25) is 0 Å². The van der Waals surface area contributed by atoms with E-state index < -0.39 is 23.3 Å². The van der Waals surface area contributed by atoms with E-state index in [-0.39, 0.29) is 5.69 Å².